The summed E-state index contributed by atoms with van der Waals surface area (Å²) in [6, 6.07) is 10.3. The molecule has 0 aliphatic heterocycles. The topological polar surface area (TPSA) is 0 Å². The van der Waals surface area contributed by atoms with Gasteiger partial charge < -0.3 is 0 Å². The summed E-state index contributed by atoms with van der Waals surface area (Å²) < 4.78 is 0. The molecule has 0 aliphatic carbocycles. The first kappa shape index (κ1) is 13.3. The highest BCUT2D eigenvalue weighted by Gasteiger charge is 2.11. The van der Waals surface area contributed by atoms with Gasteiger partial charge in [-0.3, -0.25) is 0 Å². The van der Waals surface area contributed by atoms with Crippen molar-refractivity contribution in [2.24, 2.45) is 0 Å². The molecule has 0 bridgehead atoms. The molecule has 0 aliphatic rings. The van der Waals surface area contributed by atoms with E-state index >= 15 is 0 Å². The van der Waals surface area contributed by atoms with Crippen LogP contribution in [0.25, 0.3) is 0 Å². The second-order valence-electron chi connectivity index (χ2n) is 4.59. The van der Waals surface area contributed by atoms with Crippen LogP contribution in [0, 0.1) is 6.07 Å². The van der Waals surface area contributed by atoms with Gasteiger partial charge in [-0.1, -0.05) is 45.9 Å². The molecule has 0 saturated heterocycles. The summed E-state index contributed by atoms with van der Waals surface area (Å²) in [4.78, 5) is 0. The molecule has 1 aromatic rings. The van der Waals surface area contributed by atoms with Crippen molar-refractivity contribution in [3.05, 3.63) is 35.4 Å². The summed E-state index contributed by atoms with van der Waals surface area (Å²) in [5.74, 6) is 1.38. The summed E-state index contributed by atoms with van der Waals surface area (Å²) in [5.41, 5.74) is 2.82. The minimum Gasteiger partial charge on any atom is -0.0648 e. The SMILES string of the molecule is CCC(CC)c1[c]c(C(CC)CC)ccc1. The standard InChI is InChI=1S/C16H25/c1-5-13(6-2)15-10-9-11-16(12-15)14(7-3)8-4/h9-11,13-14H,5-8H2,1-4H3. The van der Waals surface area contributed by atoms with E-state index in [1.807, 2.05) is 0 Å². The molecule has 0 unspecified atom stereocenters. The third kappa shape index (κ3) is 3.10. The van der Waals surface area contributed by atoms with Gasteiger partial charge >= 0.3 is 0 Å². The molecular weight excluding hydrogens is 192 g/mol. The zero-order chi connectivity index (χ0) is 12.0. The Morgan fingerprint density at radius 3 is 1.50 bits per heavy atom. The van der Waals surface area contributed by atoms with E-state index in [1.54, 1.807) is 0 Å². The second-order valence-corrected chi connectivity index (χ2v) is 4.59. The van der Waals surface area contributed by atoms with E-state index in [2.05, 4.69) is 52.0 Å². The first-order chi connectivity index (χ1) is 7.76. The molecular formula is C16H25. The van der Waals surface area contributed by atoms with Crippen molar-refractivity contribution >= 4 is 0 Å². The van der Waals surface area contributed by atoms with Gasteiger partial charge in [0.25, 0.3) is 0 Å². The number of hydrogen-bond donors (Lipinski definition) is 0. The molecule has 89 valence electrons. The molecule has 1 rings (SSSR count). The Morgan fingerprint density at radius 1 is 0.812 bits per heavy atom. The molecule has 1 aromatic carbocycles. The summed E-state index contributed by atoms with van der Waals surface area (Å²) in [6.07, 6.45) is 4.89. The van der Waals surface area contributed by atoms with Gasteiger partial charge in [0.2, 0.25) is 0 Å². The van der Waals surface area contributed by atoms with Crippen LogP contribution in [-0.4, -0.2) is 0 Å². The average Bonchev–Trinajstić information content (AvgIpc) is 2.33. The molecule has 0 heteroatoms. The monoisotopic (exact) mass is 217 g/mol. The lowest BCUT2D eigenvalue weighted by Crippen LogP contribution is -2.00. The highest BCUT2D eigenvalue weighted by molar-refractivity contribution is 5.27. The smallest absolute Gasteiger partial charge is 0.0108 e. The highest BCUT2D eigenvalue weighted by atomic mass is 14.2. The van der Waals surface area contributed by atoms with E-state index in [-0.39, 0.29) is 0 Å². The van der Waals surface area contributed by atoms with E-state index in [9.17, 15) is 0 Å². The van der Waals surface area contributed by atoms with Crippen molar-refractivity contribution in [3.63, 3.8) is 0 Å². The summed E-state index contributed by atoms with van der Waals surface area (Å²) in [6.45, 7) is 9.08. The van der Waals surface area contributed by atoms with Crippen LogP contribution in [0.1, 0.15) is 76.3 Å². The quantitative estimate of drug-likeness (QED) is 0.607. The van der Waals surface area contributed by atoms with Gasteiger partial charge in [-0.05, 0) is 54.7 Å². The largest absolute Gasteiger partial charge is 0.0648 e. The third-order valence-electron chi connectivity index (χ3n) is 3.69. The Bertz CT molecular complexity index is 265. The normalized spacial score (nSPS) is 11.4. The van der Waals surface area contributed by atoms with Gasteiger partial charge in [-0.15, -0.1) is 0 Å². The van der Waals surface area contributed by atoms with E-state index < -0.39 is 0 Å². The Morgan fingerprint density at radius 2 is 1.19 bits per heavy atom. The molecule has 16 heavy (non-hydrogen) atoms. The number of hydrogen-bond acceptors (Lipinski definition) is 0. The van der Waals surface area contributed by atoms with E-state index in [0.29, 0.717) is 11.8 Å². The number of benzene rings is 1. The molecule has 0 N–H and O–H groups in total. The fourth-order valence-electron chi connectivity index (χ4n) is 2.44. The van der Waals surface area contributed by atoms with Gasteiger partial charge in [-0.25, -0.2) is 0 Å². The third-order valence-corrected chi connectivity index (χ3v) is 3.69. The maximum atomic E-state index is 3.65. The van der Waals surface area contributed by atoms with Gasteiger partial charge in [0.15, 0.2) is 0 Å². The minimum absolute atomic E-state index is 0.689. The van der Waals surface area contributed by atoms with Crippen LogP contribution < -0.4 is 0 Å². The summed E-state index contributed by atoms with van der Waals surface area (Å²) in [7, 11) is 0. The first-order valence-electron chi connectivity index (χ1n) is 6.78. The van der Waals surface area contributed by atoms with Crippen LogP contribution >= 0.6 is 0 Å². The van der Waals surface area contributed by atoms with Crippen molar-refractivity contribution in [3.8, 4) is 0 Å². The van der Waals surface area contributed by atoms with Crippen molar-refractivity contribution < 1.29 is 0 Å². The van der Waals surface area contributed by atoms with Gasteiger partial charge in [0.1, 0.15) is 0 Å². The van der Waals surface area contributed by atoms with Gasteiger partial charge in [-0.2, -0.15) is 0 Å². The van der Waals surface area contributed by atoms with Crippen LogP contribution in [0.15, 0.2) is 18.2 Å². The van der Waals surface area contributed by atoms with Gasteiger partial charge in [0.05, 0.1) is 0 Å². The van der Waals surface area contributed by atoms with Crippen molar-refractivity contribution in [1.82, 2.24) is 0 Å². The Kier molecular flexibility index (Phi) is 5.59. The van der Waals surface area contributed by atoms with Crippen molar-refractivity contribution in [2.75, 3.05) is 0 Å². The molecule has 0 atom stereocenters. The average molecular weight is 217 g/mol. The molecule has 0 aromatic heterocycles. The highest BCUT2D eigenvalue weighted by Crippen LogP contribution is 2.28. The zero-order valence-electron chi connectivity index (χ0n) is 11.2. The zero-order valence-corrected chi connectivity index (χ0v) is 11.2. The summed E-state index contributed by atoms with van der Waals surface area (Å²) in [5, 5.41) is 0. The Labute approximate surface area is 101 Å². The molecule has 0 saturated carbocycles. The van der Waals surface area contributed by atoms with Crippen molar-refractivity contribution in [1.29, 1.82) is 0 Å². The fraction of sp³-hybridized carbons (Fsp3) is 0.625. The first-order valence-corrected chi connectivity index (χ1v) is 6.78. The molecule has 1 radical (unpaired) electrons. The second kappa shape index (κ2) is 6.73. The van der Waals surface area contributed by atoms with Crippen LogP contribution in [0.2, 0.25) is 0 Å². The maximum Gasteiger partial charge on any atom is -0.0108 e. The van der Waals surface area contributed by atoms with Crippen LogP contribution in [0.3, 0.4) is 0 Å². The molecule has 0 amide bonds. The maximum absolute atomic E-state index is 3.65. The fourth-order valence-corrected chi connectivity index (χ4v) is 2.44. The Hall–Kier alpha value is -0.780. The molecule has 0 nitrogen and oxygen atoms in total. The lowest BCUT2D eigenvalue weighted by molar-refractivity contribution is 0.622. The molecule has 0 fully saturated rings. The van der Waals surface area contributed by atoms with Crippen LogP contribution in [-0.2, 0) is 0 Å². The predicted molar refractivity (Wildman–Crippen MR) is 71.9 cm³/mol. The lowest BCUT2D eigenvalue weighted by Gasteiger charge is -2.17. The Balaban J connectivity index is 2.93. The molecule has 0 heterocycles. The van der Waals surface area contributed by atoms with E-state index in [4.69, 9.17) is 0 Å². The van der Waals surface area contributed by atoms with Crippen LogP contribution in [0.4, 0.5) is 0 Å². The molecule has 0 spiro atoms. The van der Waals surface area contributed by atoms with E-state index in [0.717, 1.165) is 0 Å². The summed E-state index contributed by atoms with van der Waals surface area (Å²) >= 11 is 0. The van der Waals surface area contributed by atoms with Gasteiger partial charge in [0, 0.05) is 0 Å². The lowest BCUT2D eigenvalue weighted by atomic mass is 9.88. The van der Waals surface area contributed by atoms with Crippen LogP contribution in [0.5, 0.6) is 0 Å². The van der Waals surface area contributed by atoms with Crippen molar-refractivity contribution in [2.45, 2.75) is 65.2 Å². The number of rotatable bonds is 6. The minimum atomic E-state index is 0.689. The van der Waals surface area contributed by atoms with E-state index in [1.165, 1.54) is 36.8 Å². The predicted octanol–water partition coefficient (Wildman–Crippen LogP) is 5.29.